The Bertz CT molecular complexity index is 346. The third-order valence-electron chi connectivity index (χ3n) is 4.02. The molecule has 106 valence electrons. The first kappa shape index (κ1) is 14.5. The number of ether oxygens (including phenoxy) is 1. The SMILES string of the molecule is CCC(C)OC(Cc1ccccc1)N1CCCCC1. The summed E-state index contributed by atoms with van der Waals surface area (Å²) >= 11 is 0. The lowest BCUT2D eigenvalue weighted by molar-refractivity contribution is -0.0993. The van der Waals surface area contributed by atoms with Gasteiger partial charge in [-0.15, -0.1) is 0 Å². The van der Waals surface area contributed by atoms with Crippen molar-refractivity contribution in [3.05, 3.63) is 35.9 Å². The molecule has 2 atom stereocenters. The standard InChI is InChI=1S/C17H27NO/c1-3-15(2)19-17(18-12-8-5-9-13-18)14-16-10-6-4-7-11-16/h4,6-7,10-11,15,17H,3,5,8-9,12-14H2,1-2H3. The second kappa shape index (κ2) is 7.66. The molecule has 0 aliphatic carbocycles. The van der Waals surface area contributed by atoms with Crippen LogP contribution in [-0.2, 0) is 11.2 Å². The number of nitrogens with zero attached hydrogens (tertiary/aromatic N) is 1. The van der Waals surface area contributed by atoms with Gasteiger partial charge in [-0.1, -0.05) is 43.7 Å². The van der Waals surface area contributed by atoms with Crippen LogP contribution in [0.2, 0.25) is 0 Å². The van der Waals surface area contributed by atoms with Crippen molar-refractivity contribution >= 4 is 0 Å². The lowest BCUT2D eigenvalue weighted by Gasteiger charge is -2.36. The summed E-state index contributed by atoms with van der Waals surface area (Å²) in [5.74, 6) is 0. The normalized spacial score (nSPS) is 20.1. The zero-order valence-electron chi connectivity index (χ0n) is 12.3. The van der Waals surface area contributed by atoms with E-state index < -0.39 is 0 Å². The Kier molecular flexibility index (Phi) is 5.87. The van der Waals surface area contributed by atoms with E-state index in [1.165, 1.54) is 37.9 Å². The minimum atomic E-state index is 0.248. The topological polar surface area (TPSA) is 12.5 Å². The van der Waals surface area contributed by atoms with E-state index in [9.17, 15) is 0 Å². The van der Waals surface area contributed by atoms with Gasteiger partial charge in [0.1, 0.15) is 6.23 Å². The second-order valence-electron chi connectivity index (χ2n) is 5.60. The largest absolute Gasteiger partial charge is 0.360 e. The van der Waals surface area contributed by atoms with Gasteiger partial charge >= 0.3 is 0 Å². The Hall–Kier alpha value is -0.860. The highest BCUT2D eigenvalue weighted by molar-refractivity contribution is 5.15. The van der Waals surface area contributed by atoms with Crippen LogP contribution < -0.4 is 0 Å². The molecule has 0 aromatic heterocycles. The fraction of sp³-hybridized carbons (Fsp3) is 0.647. The summed E-state index contributed by atoms with van der Waals surface area (Å²) in [4.78, 5) is 2.53. The van der Waals surface area contributed by atoms with E-state index in [1.54, 1.807) is 0 Å². The molecule has 0 radical (unpaired) electrons. The smallest absolute Gasteiger partial charge is 0.115 e. The molecule has 1 fully saturated rings. The summed E-state index contributed by atoms with van der Waals surface area (Å²) in [6.07, 6.45) is 6.68. The van der Waals surface area contributed by atoms with Gasteiger partial charge < -0.3 is 4.74 Å². The molecule has 1 heterocycles. The molecule has 2 nitrogen and oxygen atoms in total. The number of piperidine rings is 1. The van der Waals surface area contributed by atoms with Crippen molar-refractivity contribution in [2.45, 2.75) is 58.3 Å². The predicted molar refractivity (Wildman–Crippen MR) is 80.2 cm³/mol. The zero-order valence-corrected chi connectivity index (χ0v) is 12.3. The van der Waals surface area contributed by atoms with Crippen molar-refractivity contribution in [3.8, 4) is 0 Å². The van der Waals surface area contributed by atoms with E-state index in [-0.39, 0.29) is 6.23 Å². The molecule has 0 spiro atoms. The number of benzene rings is 1. The molecule has 1 aromatic rings. The molecule has 2 rings (SSSR count). The fourth-order valence-corrected chi connectivity index (χ4v) is 2.65. The lowest BCUT2D eigenvalue weighted by Crippen LogP contribution is -2.43. The molecule has 0 bridgehead atoms. The van der Waals surface area contributed by atoms with Crippen LogP contribution in [0.15, 0.2) is 30.3 Å². The van der Waals surface area contributed by atoms with Crippen molar-refractivity contribution in [3.63, 3.8) is 0 Å². The van der Waals surface area contributed by atoms with Crippen LogP contribution in [0, 0.1) is 0 Å². The molecule has 0 saturated carbocycles. The molecule has 1 saturated heterocycles. The van der Waals surface area contributed by atoms with Gasteiger partial charge in [0, 0.05) is 19.5 Å². The van der Waals surface area contributed by atoms with Gasteiger partial charge in [0.05, 0.1) is 6.10 Å². The molecular formula is C17H27NO. The maximum atomic E-state index is 6.27. The lowest BCUT2D eigenvalue weighted by atomic mass is 10.1. The van der Waals surface area contributed by atoms with Gasteiger partial charge in [0.15, 0.2) is 0 Å². The Labute approximate surface area is 117 Å². The Morgan fingerprint density at radius 2 is 1.79 bits per heavy atom. The van der Waals surface area contributed by atoms with Gasteiger partial charge in [0.25, 0.3) is 0 Å². The predicted octanol–water partition coefficient (Wildman–Crippen LogP) is 3.86. The second-order valence-corrected chi connectivity index (χ2v) is 5.60. The summed E-state index contributed by atoms with van der Waals surface area (Å²) in [5, 5.41) is 0. The third kappa shape index (κ3) is 4.63. The molecule has 1 aliphatic rings. The van der Waals surface area contributed by atoms with Crippen molar-refractivity contribution in [1.29, 1.82) is 0 Å². The van der Waals surface area contributed by atoms with Gasteiger partial charge in [0.2, 0.25) is 0 Å². The van der Waals surface area contributed by atoms with Crippen LogP contribution >= 0.6 is 0 Å². The molecule has 2 heteroatoms. The number of likely N-dealkylation sites (tertiary alicyclic amines) is 1. The van der Waals surface area contributed by atoms with Crippen LogP contribution in [0.5, 0.6) is 0 Å². The molecule has 0 N–H and O–H groups in total. The number of rotatable bonds is 6. The summed E-state index contributed by atoms with van der Waals surface area (Å²) < 4.78 is 6.27. The molecule has 1 aliphatic heterocycles. The average Bonchev–Trinajstić information content (AvgIpc) is 2.48. The van der Waals surface area contributed by atoms with E-state index in [2.05, 4.69) is 49.1 Å². The Morgan fingerprint density at radius 1 is 1.11 bits per heavy atom. The van der Waals surface area contributed by atoms with Gasteiger partial charge in [-0.05, 0) is 31.7 Å². The highest BCUT2D eigenvalue weighted by Gasteiger charge is 2.22. The zero-order chi connectivity index (χ0) is 13.5. The Morgan fingerprint density at radius 3 is 2.42 bits per heavy atom. The minimum Gasteiger partial charge on any atom is -0.360 e. The highest BCUT2D eigenvalue weighted by atomic mass is 16.5. The molecule has 19 heavy (non-hydrogen) atoms. The van der Waals surface area contributed by atoms with Crippen molar-refractivity contribution in [2.24, 2.45) is 0 Å². The van der Waals surface area contributed by atoms with Crippen molar-refractivity contribution in [2.75, 3.05) is 13.1 Å². The highest BCUT2D eigenvalue weighted by Crippen LogP contribution is 2.18. The summed E-state index contributed by atoms with van der Waals surface area (Å²) in [5.41, 5.74) is 1.38. The quantitative estimate of drug-likeness (QED) is 0.771. The monoisotopic (exact) mass is 261 g/mol. The van der Waals surface area contributed by atoms with E-state index in [1.807, 2.05) is 0 Å². The van der Waals surface area contributed by atoms with Crippen LogP contribution in [0.3, 0.4) is 0 Å². The summed E-state index contributed by atoms with van der Waals surface area (Å²) in [6.45, 7) is 6.75. The van der Waals surface area contributed by atoms with Crippen LogP contribution in [0.1, 0.15) is 45.1 Å². The van der Waals surface area contributed by atoms with Crippen molar-refractivity contribution in [1.82, 2.24) is 4.90 Å². The van der Waals surface area contributed by atoms with Gasteiger partial charge in [-0.25, -0.2) is 0 Å². The molecule has 1 aromatic carbocycles. The average molecular weight is 261 g/mol. The first-order valence-electron chi connectivity index (χ1n) is 7.73. The molecular weight excluding hydrogens is 234 g/mol. The van der Waals surface area contributed by atoms with E-state index in [0.717, 1.165) is 12.8 Å². The first-order chi connectivity index (χ1) is 9.29. The van der Waals surface area contributed by atoms with Crippen LogP contribution in [0.4, 0.5) is 0 Å². The van der Waals surface area contributed by atoms with E-state index >= 15 is 0 Å². The molecule has 2 unspecified atom stereocenters. The van der Waals surface area contributed by atoms with Crippen molar-refractivity contribution < 1.29 is 4.74 Å². The minimum absolute atomic E-state index is 0.248. The summed E-state index contributed by atoms with van der Waals surface area (Å²) in [7, 11) is 0. The maximum Gasteiger partial charge on any atom is 0.115 e. The van der Waals surface area contributed by atoms with E-state index in [4.69, 9.17) is 4.74 Å². The first-order valence-corrected chi connectivity index (χ1v) is 7.73. The van der Waals surface area contributed by atoms with Crippen LogP contribution in [0.25, 0.3) is 0 Å². The van der Waals surface area contributed by atoms with Crippen LogP contribution in [-0.4, -0.2) is 30.3 Å². The number of hydrogen-bond donors (Lipinski definition) is 0. The summed E-state index contributed by atoms with van der Waals surface area (Å²) in [6, 6.07) is 10.7. The van der Waals surface area contributed by atoms with Gasteiger partial charge in [-0.2, -0.15) is 0 Å². The number of hydrogen-bond acceptors (Lipinski definition) is 2. The molecule has 0 amide bonds. The fourth-order valence-electron chi connectivity index (χ4n) is 2.65. The maximum absolute atomic E-state index is 6.27. The third-order valence-corrected chi connectivity index (χ3v) is 4.02. The van der Waals surface area contributed by atoms with E-state index in [0.29, 0.717) is 6.10 Å². The Balaban J connectivity index is 2.00. The van der Waals surface area contributed by atoms with Gasteiger partial charge in [-0.3, -0.25) is 4.90 Å².